The quantitative estimate of drug-likeness (QED) is 0.843. The standard InChI is InChI=1S/C16H19FN2.ClH/c1-19(2)11-3-4-13-5-6-15(16(17)12-13)14-7-9-18-10-8-14;/h5-7,12,18H,8-11H2,1-2H3;1H. The Morgan fingerprint density at radius 2 is 2.15 bits per heavy atom. The van der Waals surface area contributed by atoms with Crippen molar-refractivity contribution in [2.45, 2.75) is 6.42 Å². The van der Waals surface area contributed by atoms with Crippen molar-refractivity contribution in [1.29, 1.82) is 0 Å². The number of rotatable bonds is 2. The molecule has 1 aromatic carbocycles. The van der Waals surface area contributed by atoms with Gasteiger partial charge in [-0.1, -0.05) is 24.0 Å². The van der Waals surface area contributed by atoms with E-state index in [1.807, 2.05) is 31.1 Å². The molecule has 0 amide bonds. The molecule has 1 aliphatic heterocycles. The fourth-order valence-corrected chi connectivity index (χ4v) is 2.02. The largest absolute Gasteiger partial charge is 0.313 e. The highest BCUT2D eigenvalue weighted by atomic mass is 35.5. The maximum Gasteiger partial charge on any atom is 0.131 e. The van der Waals surface area contributed by atoms with Crippen molar-refractivity contribution in [3.8, 4) is 11.8 Å². The van der Waals surface area contributed by atoms with Crippen LogP contribution >= 0.6 is 12.4 Å². The second kappa shape index (κ2) is 8.06. The van der Waals surface area contributed by atoms with Crippen LogP contribution in [0, 0.1) is 17.7 Å². The highest BCUT2D eigenvalue weighted by molar-refractivity contribution is 5.85. The molecular formula is C16H20ClFN2. The normalized spacial score (nSPS) is 14.1. The van der Waals surface area contributed by atoms with Crippen LogP contribution in [0.5, 0.6) is 0 Å². The van der Waals surface area contributed by atoms with Crippen molar-refractivity contribution in [2.24, 2.45) is 0 Å². The molecule has 0 bridgehead atoms. The zero-order valence-corrected chi connectivity index (χ0v) is 12.7. The van der Waals surface area contributed by atoms with Crippen molar-refractivity contribution in [1.82, 2.24) is 10.2 Å². The van der Waals surface area contributed by atoms with Gasteiger partial charge < -0.3 is 5.32 Å². The molecule has 1 N–H and O–H groups in total. The molecule has 0 spiro atoms. The van der Waals surface area contributed by atoms with Crippen LogP contribution in [0.4, 0.5) is 4.39 Å². The van der Waals surface area contributed by atoms with Gasteiger partial charge in [0.25, 0.3) is 0 Å². The molecule has 2 rings (SSSR count). The van der Waals surface area contributed by atoms with E-state index in [-0.39, 0.29) is 18.2 Å². The predicted molar refractivity (Wildman–Crippen MR) is 84.5 cm³/mol. The predicted octanol–water partition coefficient (Wildman–Crippen LogP) is 2.54. The third-order valence-electron chi connectivity index (χ3n) is 3.01. The van der Waals surface area contributed by atoms with Gasteiger partial charge in [-0.05, 0) is 44.8 Å². The van der Waals surface area contributed by atoms with Crippen LogP contribution in [0.2, 0.25) is 0 Å². The summed E-state index contributed by atoms with van der Waals surface area (Å²) in [6, 6.07) is 5.26. The van der Waals surface area contributed by atoms with Crippen LogP contribution in [-0.4, -0.2) is 38.6 Å². The Morgan fingerprint density at radius 3 is 2.75 bits per heavy atom. The maximum absolute atomic E-state index is 14.1. The first-order chi connectivity index (χ1) is 9.16. The van der Waals surface area contributed by atoms with E-state index in [9.17, 15) is 4.39 Å². The molecule has 20 heavy (non-hydrogen) atoms. The number of halogens is 2. The van der Waals surface area contributed by atoms with E-state index in [4.69, 9.17) is 0 Å². The number of benzene rings is 1. The van der Waals surface area contributed by atoms with Crippen molar-refractivity contribution in [3.63, 3.8) is 0 Å². The van der Waals surface area contributed by atoms with E-state index in [0.29, 0.717) is 12.1 Å². The summed E-state index contributed by atoms with van der Waals surface area (Å²) in [7, 11) is 3.92. The lowest BCUT2D eigenvalue weighted by molar-refractivity contribution is 0.464. The van der Waals surface area contributed by atoms with E-state index >= 15 is 0 Å². The number of nitrogens with zero attached hydrogens (tertiary/aromatic N) is 1. The second-order valence-corrected chi connectivity index (χ2v) is 4.92. The Morgan fingerprint density at radius 1 is 1.35 bits per heavy atom. The molecule has 0 saturated carbocycles. The van der Waals surface area contributed by atoms with Gasteiger partial charge in [0.15, 0.2) is 0 Å². The summed E-state index contributed by atoms with van der Waals surface area (Å²) in [6.45, 7) is 2.41. The molecule has 1 aromatic rings. The number of nitrogens with one attached hydrogen (secondary N) is 1. The summed E-state index contributed by atoms with van der Waals surface area (Å²) >= 11 is 0. The lowest BCUT2D eigenvalue weighted by Crippen LogP contribution is -2.20. The van der Waals surface area contributed by atoms with Gasteiger partial charge in [0, 0.05) is 17.7 Å². The molecule has 2 nitrogen and oxygen atoms in total. The first-order valence-electron chi connectivity index (χ1n) is 6.50. The summed E-state index contributed by atoms with van der Waals surface area (Å²) in [6.07, 6.45) is 2.93. The minimum Gasteiger partial charge on any atom is -0.313 e. The second-order valence-electron chi connectivity index (χ2n) is 4.92. The topological polar surface area (TPSA) is 15.3 Å². The van der Waals surface area contributed by atoms with Gasteiger partial charge >= 0.3 is 0 Å². The Labute approximate surface area is 126 Å². The summed E-state index contributed by atoms with van der Waals surface area (Å²) in [5.74, 6) is 5.82. The average molecular weight is 295 g/mol. The van der Waals surface area contributed by atoms with Crippen LogP contribution < -0.4 is 5.32 Å². The molecule has 4 heteroatoms. The van der Waals surface area contributed by atoms with E-state index in [1.54, 1.807) is 0 Å². The van der Waals surface area contributed by atoms with E-state index in [1.165, 1.54) is 6.07 Å². The van der Waals surface area contributed by atoms with Crippen molar-refractivity contribution in [3.05, 3.63) is 41.2 Å². The highest BCUT2D eigenvalue weighted by Crippen LogP contribution is 2.23. The van der Waals surface area contributed by atoms with Gasteiger partial charge in [-0.2, -0.15) is 0 Å². The number of hydrogen-bond donors (Lipinski definition) is 1. The lowest BCUT2D eigenvalue weighted by Gasteiger charge is -2.14. The van der Waals surface area contributed by atoms with E-state index in [0.717, 1.165) is 30.6 Å². The van der Waals surface area contributed by atoms with Gasteiger partial charge in [-0.25, -0.2) is 4.39 Å². The van der Waals surface area contributed by atoms with E-state index in [2.05, 4.69) is 23.2 Å². The molecule has 0 aliphatic carbocycles. The zero-order valence-electron chi connectivity index (χ0n) is 11.9. The first kappa shape index (κ1) is 16.7. The maximum atomic E-state index is 14.1. The minimum atomic E-state index is -0.176. The summed E-state index contributed by atoms with van der Waals surface area (Å²) in [5.41, 5.74) is 2.53. The molecule has 0 radical (unpaired) electrons. The molecule has 0 atom stereocenters. The van der Waals surface area contributed by atoms with Crippen molar-refractivity contribution in [2.75, 3.05) is 33.7 Å². The third-order valence-corrected chi connectivity index (χ3v) is 3.01. The van der Waals surface area contributed by atoms with E-state index < -0.39 is 0 Å². The van der Waals surface area contributed by atoms with Gasteiger partial charge in [0.1, 0.15) is 5.82 Å². The summed E-state index contributed by atoms with van der Waals surface area (Å²) in [5, 5.41) is 3.23. The van der Waals surface area contributed by atoms with Gasteiger partial charge in [0.2, 0.25) is 0 Å². The lowest BCUT2D eigenvalue weighted by atomic mass is 9.98. The Hall–Kier alpha value is -1.34. The van der Waals surface area contributed by atoms with Crippen LogP contribution in [0.1, 0.15) is 17.5 Å². The van der Waals surface area contributed by atoms with Gasteiger partial charge in [0.05, 0.1) is 6.54 Å². The Bertz CT molecular complexity index is 541. The van der Waals surface area contributed by atoms with Gasteiger partial charge in [-0.3, -0.25) is 4.90 Å². The molecule has 0 unspecified atom stereocenters. The van der Waals surface area contributed by atoms with Crippen LogP contribution in [0.3, 0.4) is 0 Å². The zero-order chi connectivity index (χ0) is 13.7. The smallest absolute Gasteiger partial charge is 0.131 e. The molecule has 0 saturated heterocycles. The van der Waals surface area contributed by atoms with Crippen molar-refractivity contribution < 1.29 is 4.39 Å². The van der Waals surface area contributed by atoms with Crippen molar-refractivity contribution >= 4 is 18.0 Å². The Kier molecular flexibility index (Phi) is 6.74. The molecule has 1 heterocycles. The molecule has 0 fully saturated rings. The summed E-state index contributed by atoms with van der Waals surface area (Å²) in [4.78, 5) is 1.98. The Balaban J connectivity index is 0.00000200. The highest BCUT2D eigenvalue weighted by Gasteiger charge is 2.10. The van der Waals surface area contributed by atoms with Gasteiger partial charge in [-0.15, -0.1) is 12.4 Å². The molecule has 108 valence electrons. The van der Waals surface area contributed by atoms with Crippen LogP contribution in [0.15, 0.2) is 24.3 Å². The minimum absolute atomic E-state index is 0. The third kappa shape index (κ3) is 4.64. The monoisotopic (exact) mass is 294 g/mol. The molecular weight excluding hydrogens is 275 g/mol. The molecule has 0 aromatic heterocycles. The molecule has 1 aliphatic rings. The first-order valence-corrected chi connectivity index (χ1v) is 6.50. The fraction of sp³-hybridized carbons (Fsp3) is 0.375. The fourth-order valence-electron chi connectivity index (χ4n) is 2.02. The SMILES string of the molecule is CN(C)CC#Cc1ccc(C2=CCNCC2)c(F)c1.Cl. The van der Waals surface area contributed by atoms with Crippen LogP contribution in [0.25, 0.3) is 5.57 Å². The van der Waals surface area contributed by atoms with Crippen LogP contribution in [-0.2, 0) is 0 Å². The number of hydrogen-bond acceptors (Lipinski definition) is 2. The summed E-state index contributed by atoms with van der Waals surface area (Å²) < 4.78 is 14.1. The average Bonchev–Trinajstić information content (AvgIpc) is 2.39.